The second kappa shape index (κ2) is 7.11. The molecule has 0 aliphatic rings. The van der Waals surface area contributed by atoms with Crippen molar-refractivity contribution in [1.29, 1.82) is 0 Å². The minimum absolute atomic E-state index is 0.0426. The van der Waals surface area contributed by atoms with E-state index in [0.717, 1.165) is 5.56 Å². The van der Waals surface area contributed by atoms with Gasteiger partial charge in [-0.25, -0.2) is 8.42 Å². The Bertz CT molecular complexity index is 1030. The van der Waals surface area contributed by atoms with Gasteiger partial charge in [0.05, 0.1) is 17.1 Å². The highest BCUT2D eigenvalue weighted by molar-refractivity contribution is 7.92. The van der Waals surface area contributed by atoms with E-state index >= 15 is 0 Å². The zero-order chi connectivity index (χ0) is 19.7. The number of benzene rings is 2. The summed E-state index contributed by atoms with van der Waals surface area (Å²) < 4.78 is 28.3. The summed E-state index contributed by atoms with van der Waals surface area (Å²) in [5, 5.41) is 12.2. The van der Waals surface area contributed by atoms with Crippen LogP contribution in [-0.4, -0.2) is 28.6 Å². The highest BCUT2D eigenvalue weighted by atomic mass is 32.2. The Kier molecular flexibility index (Phi) is 5.01. The second-order valence-corrected chi connectivity index (χ2v) is 8.91. The number of rotatable bonds is 5. The molecule has 0 aliphatic heterocycles. The van der Waals surface area contributed by atoms with Crippen molar-refractivity contribution in [2.75, 3.05) is 4.72 Å². The van der Waals surface area contributed by atoms with Crippen LogP contribution in [0.4, 0.5) is 5.69 Å². The third kappa shape index (κ3) is 4.16. The fourth-order valence-electron chi connectivity index (χ4n) is 2.59. The summed E-state index contributed by atoms with van der Waals surface area (Å²) in [5.74, 6) is 0.373. The van der Waals surface area contributed by atoms with E-state index in [9.17, 15) is 8.42 Å². The molecule has 0 aliphatic carbocycles. The first-order chi connectivity index (χ1) is 12.7. The first kappa shape index (κ1) is 19.0. The average molecular weight is 385 g/mol. The molecule has 0 spiro atoms. The van der Waals surface area contributed by atoms with Crippen LogP contribution in [0.3, 0.4) is 0 Å². The molecule has 2 aromatic carbocycles. The van der Waals surface area contributed by atoms with Crippen LogP contribution in [-0.2, 0) is 22.0 Å². The molecule has 0 bridgehead atoms. The van der Waals surface area contributed by atoms with E-state index < -0.39 is 10.0 Å². The molecule has 1 aromatic heterocycles. The normalized spacial score (nSPS) is 12.1. The Morgan fingerprint density at radius 3 is 2.30 bits per heavy atom. The van der Waals surface area contributed by atoms with Gasteiger partial charge in [0.15, 0.2) is 0 Å². The SMILES string of the molecule is CCn1nnc(-c2ccccc2NS(=O)(=O)c2ccc(C(C)(C)C)cc2)n1. The molecule has 0 radical (unpaired) electrons. The van der Waals surface area contributed by atoms with Crippen LogP contribution in [0.2, 0.25) is 0 Å². The lowest BCUT2D eigenvalue weighted by Gasteiger charge is -2.19. The molecule has 7 nitrogen and oxygen atoms in total. The van der Waals surface area contributed by atoms with E-state index in [-0.39, 0.29) is 10.3 Å². The fourth-order valence-corrected chi connectivity index (χ4v) is 3.67. The summed E-state index contributed by atoms with van der Waals surface area (Å²) in [6.07, 6.45) is 0. The van der Waals surface area contributed by atoms with Crippen molar-refractivity contribution in [3.63, 3.8) is 0 Å². The van der Waals surface area contributed by atoms with Gasteiger partial charge in [-0.2, -0.15) is 4.80 Å². The lowest BCUT2D eigenvalue weighted by atomic mass is 9.87. The summed E-state index contributed by atoms with van der Waals surface area (Å²) >= 11 is 0. The Morgan fingerprint density at radius 2 is 1.70 bits per heavy atom. The molecule has 1 N–H and O–H groups in total. The van der Waals surface area contributed by atoms with E-state index in [1.807, 2.05) is 19.1 Å². The average Bonchev–Trinajstić information content (AvgIpc) is 3.10. The van der Waals surface area contributed by atoms with Crippen molar-refractivity contribution in [1.82, 2.24) is 20.2 Å². The zero-order valence-corrected chi connectivity index (χ0v) is 16.7. The first-order valence-electron chi connectivity index (χ1n) is 8.71. The molecule has 0 saturated heterocycles. The highest BCUT2D eigenvalue weighted by Gasteiger charge is 2.20. The number of nitrogens with one attached hydrogen (secondary N) is 1. The predicted molar refractivity (Wildman–Crippen MR) is 105 cm³/mol. The maximum atomic E-state index is 12.8. The molecule has 0 unspecified atom stereocenters. The molecule has 142 valence electrons. The van der Waals surface area contributed by atoms with E-state index in [0.29, 0.717) is 23.6 Å². The number of hydrogen-bond acceptors (Lipinski definition) is 5. The van der Waals surface area contributed by atoms with E-state index in [2.05, 4.69) is 40.9 Å². The van der Waals surface area contributed by atoms with Gasteiger partial charge >= 0.3 is 0 Å². The first-order valence-corrected chi connectivity index (χ1v) is 10.2. The number of aromatic nitrogens is 4. The van der Waals surface area contributed by atoms with Gasteiger partial charge in [-0.05, 0) is 47.4 Å². The van der Waals surface area contributed by atoms with Crippen molar-refractivity contribution in [3.8, 4) is 11.4 Å². The standard InChI is InChI=1S/C19H23N5O2S/c1-5-24-21-18(20-23-24)16-8-6-7-9-17(16)22-27(25,26)15-12-10-14(11-13-15)19(2,3)4/h6-13,22H,5H2,1-4H3. The maximum absolute atomic E-state index is 12.8. The Labute approximate surface area is 159 Å². The third-order valence-corrected chi connectivity index (χ3v) is 5.56. The van der Waals surface area contributed by atoms with Gasteiger partial charge in [-0.15, -0.1) is 10.2 Å². The van der Waals surface area contributed by atoms with Gasteiger partial charge in [0.25, 0.3) is 10.0 Å². The molecular weight excluding hydrogens is 362 g/mol. The Balaban J connectivity index is 1.93. The van der Waals surface area contributed by atoms with Crippen LogP contribution in [0.5, 0.6) is 0 Å². The van der Waals surface area contributed by atoms with Gasteiger partial charge in [-0.3, -0.25) is 4.72 Å². The zero-order valence-electron chi connectivity index (χ0n) is 15.8. The molecule has 0 fully saturated rings. The summed E-state index contributed by atoms with van der Waals surface area (Å²) in [5.41, 5.74) is 2.02. The second-order valence-electron chi connectivity index (χ2n) is 7.23. The molecular formula is C19H23N5O2S. The van der Waals surface area contributed by atoms with Crippen molar-refractivity contribution in [2.45, 2.75) is 44.6 Å². The van der Waals surface area contributed by atoms with Gasteiger partial charge in [-0.1, -0.05) is 45.0 Å². The molecule has 3 rings (SSSR count). The Morgan fingerprint density at radius 1 is 1.04 bits per heavy atom. The largest absolute Gasteiger partial charge is 0.279 e. The van der Waals surface area contributed by atoms with Crippen LogP contribution in [0.15, 0.2) is 53.4 Å². The van der Waals surface area contributed by atoms with Crippen molar-refractivity contribution in [2.24, 2.45) is 0 Å². The number of aryl methyl sites for hydroxylation is 1. The third-order valence-electron chi connectivity index (χ3n) is 4.18. The molecule has 0 amide bonds. The van der Waals surface area contributed by atoms with Crippen molar-refractivity contribution >= 4 is 15.7 Å². The van der Waals surface area contributed by atoms with E-state index in [1.165, 1.54) is 4.80 Å². The minimum atomic E-state index is -3.74. The fraction of sp³-hybridized carbons (Fsp3) is 0.316. The highest BCUT2D eigenvalue weighted by Crippen LogP contribution is 2.28. The summed E-state index contributed by atoms with van der Waals surface area (Å²) in [7, 11) is -3.74. The number of tetrazole rings is 1. The number of nitrogens with zero attached hydrogens (tertiary/aromatic N) is 4. The number of anilines is 1. The monoisotopic (exact) mass is 385 g/mol. The quantitative estimate of drug-likeness (QED) is 0.726. The van der Waals surface area contributed by atoms with Crippen molar-refractivity contribution in [3.05, 3.63) is 54.1 Å². The molecule has 0 saturated carbocycles. The van der Waals surface area contributed by atoms with Gasteiger partial charge < -0.3 is 0 Å². The van der Waals surface area contributed by atoms with Crippen LogP contribution in [0.1, 0.15) is 33.3 Å². The van der Waals surface area contributed by atoms with Crippen LogP contribution >= 0.6 is 0 Å². The van der Waals surface area contributed by atoms with E-state index in [1.54, 1.807) is 36.4 Å². The number of hydrogen-bond donors (Lipinski definition) is 1. The minimum Gasteiger partial charge on any atom is -0.279 e. The van der Waals surface area contributed by atoms with E-state index in [4.69, 9.17) is 0 Å². The smallest absolute Gasteiger partial charge is 0.261 e. The Hall–Kier alpha value is -2.74. The number of para-hydroxylation sites is 1. The van der Waals surface area contributed by atoms with Gasteiger partial charge in [0, 0.05) is 5.56 Å². The predicted octanol–water partition coefficient (Wildman–Crippen LogP) is 3.46. The molecule has 8 heteroatoms. The number of sulfonamides is 1. The van der Waals surface area contributed by atoms with Gasteiger partial charge in [0.2, 0.25) is 5.82 Å². The lowest BCUT2D eigenvalue weighted by Crippen LogP contribution is -2.15. The van der Waals surface area contributed by atoms with Crippen molar-refractivity contribution < 1.29 is 8.42 Å². The maximum Gasteiger partial charge on any atom is 0.261 e. The van der Waals surface area contributed by atoms with Crippen LogP contribution < -0.4 is 4.72 Å². The molecule has 27 heavy (non-hydrogen) atoms. The molecule has 1 heterocycles. The topological polar surface area (TPSA) is 89.8 Å². The summed E-state index contributed by atoms with van der Waals surface area (Å²) in [6.45, 7) is 8.74. The summed E-state index contributed by atoms with van der Waals surface area (Å²) in [6, 6.07) is 13.9. The molecule has 0 atom stereocenters. The summed E-state index contributed by atoms with van der Waals surface area (Å²) in [4.78, 5) is 1.65. The lowest BCUT2D eigenvalue weighted by molar-refractivity contribution is 0.553. The van der Waals surface area contributed by atoms with Crippen LogP contribution in [0.25, 0.3) is 11.4 Å². The molecule has 3 aromatic rings. The van der Waals surface area contributed by atoms with Crippen LogP contribution in [0, 0.1) is 0 Å². The van der Waals surface area contributed by atoms with Gasteiger partial charge in [0.1, 0.15) is 0 Å².